The Bertz CT molecular complexity index is 591. The Balaban J connectivity index is 1.71. The van der Waals surface area contributed by atoms with Crippen LogP contribution in [0.4, 0.5) is 5.69 Å². The van der Waals surface area contributed by atoms with Crippen molar-refractivity contribution in [3.05, 3.63) is 36.9 Å². The third kappa shape index (κ3) is 2.55. The highest BCUT2D eigenvalue weighted by molar-refractivity contribution is 5.92. The molecule has 0 spiro atoms. The number of carbonyl (C=O) groups is 1. The Hall–Kier alpha value is -2.21. The fraction of sp³-hybridized carbons (Fsp3) is 0.357. The molecule has 1 atom stereocenters. The van der Waals surface area contributed by atoms with E-state index in [9.17, 15) is 4.79 Å². The summed E-state index contributed by atoms with van der Waals surface area (Å²) >= 11 is 0. The lowest BCUT2D eigenvalue weighted by molar-refractivity contribution is -0.121. The van der Waals surface area contributed by atoms with Crippen molar-refractivity contribution in [1.82, 2.24) is 20.1 Å². The molecule has 1 saturated heterocycles. The van der Waals surface area contributed by atoms with Gasteiger partial charge in [0.05, 0.1) is 5.69 Å². The second kappa shape index (κ2) is 5.42. The molecule has 1 aliphatic heterocycles. The normalized spacial score (nSPS) is 16.4. The van der Waals surface area contributed by atoms with Crippen molar-refractivity contribution in [2.45, 2.75) is 6.92 Å². The SMILES string of the molecule is CC(C(=O)Nc1cccc(-n2cnnc2)c1)C1CNC1. The summed E-state index contributed by atoms with van der Waals surface area (Å²) in [4.78, 5) is 12.2. The molecular formula is C14H17N5O. The van der Waals surface area contributed by atoms with Crippen LogP contribution in [0.5, 0.6) is 0 Å². The fourth-order valence-corrected chi connectivity index (χ4v) is 2.21. The summed E-state index contributed by atoms with van der Waals surface area (Å²) in [7, 11) is 0. The number of anilines is 1. The number of amides is 1. The summed E-state index contributed by atoms with van der Waals surface area (Å²) < 4.78 is 1.80. The van der Waals surface area contributed by atoms with E-state index in [-0.39, 0.29) is 11.8 Å². The van der Waals surface area contributed by atoms with Gasteiger partial charge in [-0.3, -0.25) is 9.36 Å². The van der Waals surface area contributed by atoms with Crippen LogP contribution in [0.2, 0.25) is 0 Å². The first kappa shape index (κ1) is 12.8. The monoisotopic (exact) mass is 271 g/mol. The lowest BCUT2D eigenvalue weighted by Gasteiger charge is -2.31. The zero-order valence-electron chi connectivity index (χ0n) is 11.3. The quantitative estimate of drug-likeness (QED) is 0.872. The summed E-state index contributed by atoms with van der Waals surface area (Å²) in [5, 5.41) is 13.7. The van der Waals surface area contributed by atoms with E-state index in [0.717, 1.165) is 24.5 Å². The molecule has 0 radical (unpaired) electrons. The molecule has 104 valence electrons. The van der Waals surface area contributed by atoms with E-state index in [1.165, 1.54) is 0 Å². The van der Waals surface area contributed by atoms with Gasteiger partial charge in [-0.15, -0.1) is 10.2 Å². The van der Waals surface area contributed by atoms with Crippen molar-refractivity contribution in [3.63, 3.8) is 0 Å². The van der Waals surface area contributed by atoms with Gasteiger partial charge in [-0.2, -0.15) is 0 Å². The molecule has 6 nitrogen and oxygen atoms in total. The molecule has 1 fully saturated rings. The van der Waals surface area contributed by atoms with E-state index < -0.39 is 0 Å². The number of hydrogen-bond donors (Lipinski definition) is 2. The van der Waals surface area contributed by atoms with Gasteiger partial charge >= 0.3 is 0 Å². The summed E-state index contributed by atoms with van der Waals surface area (Å²) in [6, 6.07) is 7.64. The lowest BCUT2D eigenvalue weighted by atomic mass is 9.88. The number of aromatic nitrogens is 3. The molecular weight excluding hydrogens is 254 g/mol. The number of benzene rings is 1. The average Bonchev–Trinajstić information content (AvgIpc) is 2.90. The highest BCUT2D eigenvalue weighted by Gasteiger charge is 2.28. The molecule has 2 heterocycles. The van der Waals surface area contributed by atoms with Crippen molar-refractivity contribution in [2.75, 3.05) is 18.4 Å². The van der Waals surface area contributed by atoms with Gasteiger partial charge in [-0.25, -0.2) is 0 Å². The van der Waals surface area contributed by atoms with Crippen LogP contribution >= 0.6 is 0 Å². The smallest absolute Gasteiger partial charge is 0.227 e. The van der Waals surface area contributed by atoms with Gasteiger partial charge in [0.1, 0.15) is 12.7 Å². The first-order valence-electron chi connectivity index (χ1n) is 6.70. The molecule has 1 aromatic heterocycles. The minimum absolute atomic E-state index is 0.0230. The summed E-state index contributed by atoms with van der Waals surface area (Å²) in [6.07, 6.45) is 3.26. The Morgan fingerprint density at radius 3 is 2.80 bits per heavy atom. The molecule has 1 unspecified atom stereocenters. The van der Waals surface area contributed by atoms with Gasteiger partial charge in [0.15, 0.2) is 0 Å². The lowest BCUT2D eigenvalue weighted by Crippen LogP contribution is -2.48. The van der Waals surface area contributed by atoms with Gasteiger partial charge in [-0.05, 0) is 37.2 Å². The minimum atomic E-state index is 0.0230. The Labute approximate surface area is 117 Å². The maximum Gasteiger partial charge on any atom is 0.227 e. The maximum absolute atomic E-state index is 12.2. The van der Waals surface area contributed by atoms with Crippen molar-refractivity contribution >= 4 is 11.6 Å². The molecule has 1 aromatic carbocycles. The molecule has 2 aromatic rings. The van der Waals surface area contributed by atoms with Crippen LogP contribution in [0, 0.1) is 11.8 Å². The fourth-order valence-electron chi connectivity index (χ4n) is 2.21. The Morgan fingerprint density at radius 2 is 2.15 bits per heavy atom. The Kier molecular flexibility index (Phi) is 3.47. The maximum atomic E-state index is 12.2. The highest BCUT2D eigenvalue weighted by atomic mass is 16.1. The Morgan fingerprint density at radius 1 is 1.40 bits per heavy atom. The number of nitrogens with zero attached hydrogens (tertiary/aromatic N) is 3. The van der Waals surface area contributed by atoms with Gasteiger partial charge in [0.2, 0.25) is 5.91 Å². The van der Waals surface area contributed by atoms with E-state index in [1.54, 1.807) is 17.2 Å². The number of nitrogens with one attached hydrogen (secondary N) is 2. The van der Waals surface area contributed by atoms with Crippen LogP contribution in [0.15, 0.2) is 36.9 Å². The molecule has 0 aliphatic carbocycles. The molecule has 0 saturated carbocycles. The highest BCUT2D eigenvalue weighted by Crippen LogP contribution is 2.19. The topological polar surface area (TPSA) is 71.8 Å². The van der Waals surface area contributed by atoms with Crippen LogP contribution in [0.3, 0.4) is 0 Å². The summed E-state index contributed by atoms with van der Waals surface area (Å²) in [5.41, 5.74) is 1.71. The number of hydrogen-bond acceptors (Lipinski definition) is 4. The van der Waals surface area contributed by atoms with Crippen molar-refractivity contribution in [3.8, 4) is 5.69 Å². The molecule has 1 aliphatic rings. The van der Waals surface area contributed by atoms with Crippen LogP contribution in [-0.4, -0.2) is 33.8 Å². The minimum Gasteiger partial charge on any atom is -0.326 e. The number of rotatable bonds is 4. The predicted octanol–water partition coefficient (Wildman–Crippen LogP) is 1.06. The van der Waals surface area contributed by atoms with Crippen LogP contribution in [0.1, 0.15) is 6.92 Å². The molecule has 2 N–H and O–H groups in total. The zero-order valence-corrected chi connectivity index (χ0v) is 11.3. The molecule has 6 heteroatoms. The van der Waals surface area contributed by atoms with E-state index in [4.69, 9.17) is 0 Å². The second-order valence-electron chi connectivity index (χ2n) is 5.12. The first-order valence-corrected chi connectivity index (χ1v) is 6.70. The van der Waals surface area contributed by atoms with E-state index >= 15 is 0 Å². The van der Waals surface area contributed by atoms with Crippen molar-refractivity contribution in [2.24, 2.45) is 11.8 Å². The average molecular weight is 271 g/mol. The predicted molar refractivity (Wildman–Crippen MR) is 75.5 cm³/mol. The van der Waals surface area contributed by atoms with E-state index in [0.29, 0.717) is 5.92 Å². The largest absolute Gasteiger partial charge is 0.326 e. The molecule has 0 bridgehead atoms. The van der Waals surface area contributed by atoms with Gasteiger partial charge < -0.3 is 10.6 Å². The zero-order chi connectivity index (χ0) is 13.9. The molecule has 1 amide bonds. The van der Waals surface area contributed by atoms with Crippen molar-refractivity contribution < 1.29 is 4.79 Å². The van der Waals surface area contributed by atoms with Gasteiger partial charge in [0.25, 0.3) is 0 Å². The van der Waals surface area contributed by atoms with E-state index in [1.807, 2.05) is 31.2 Å². The third-order valence-corrected chi connectivity index (χ3v) is 3.76. The van der Waals surface area contributed by atoms with Gasteiger partial charge in [-0.1, -0.05) is 13.0 Å². The van der Waals surface area contributed by atoms with Gasteiger partial charge in [0, 0.05) is 11.6 Å². The second-order valence-corrected chi connectivity index (χ2v) is 5.12. The summed E-state index contributed by atoms with van der Waals surface area (Å²) in [5.74, 6) is 0.531. The van der Waals surface area contributed by atoms with Crippen LogP contribution < -0.4 is 10.6 Å². The standard InChI is InChI=1S/C14H17N5O/c1-10(11-6-15-7-11)14(20)18-12-3-2-4-13(5-12)19-8-16-17-9-19/h2-5,8-11,15H,6-7H2,1H3,(H,18,20). The third-order valence-electron chi connectivity index (χ3n) is 3.76. The molecule has 3 rings (SSSR count). The number of carbonyl (C=O) groups excluding carboxylic acids is 1. The summed E-state index contributed by atoms with van der Waals surface area (Å²) in [6.45, 7) is 3.83. The van der Waals surface area contributed by atoms with Crippen LogP contribution in [0.25, 0.3) is 5.69 Å². The van der Waals surface area contributed by atoms with Crippen molar-refractivity contribution in [1.29, 1.82) is 0 Å². The van der Waals surface area contributed by atoms with Crippen LogP contribution in [-0.2, 0) is 4.79 Å². The molecule has 20 heavy (non-hydrogen) atoms. The van der Waals surface area contributed by atoms with E-state index in [2.05, 4.69) is 20.8 Å². The first-order chi connectivity index (χ1) is 9.74.